The third kappa shape index (κ3) is 5.64. The van der Waals surface area contributed by atoms with Gasteiger partial charge in [-0.25, -0.2) is 8.78 Å². The van der Waals surface area contributed by atoms with Gasteiger partial charge in [-0.3, -0.25) is 9.59 Å². The van der Waals surface area contributed by atoms with Crippen LogP contribution in [0.2, 0.25) is 0 Å². The fraction of sp³-hybridized carbons (Fsp3) is 0.280. The minimum absolute atomic E-state index is 0.0369. The number of nitrogens with one attached hydrogen (secondary N) is 1. The van der Waals surface area contributed by atoms with Crippen molar-refractivity contribution in [3.8, 4) is 0 Å². The molecule has 8 heteroatoms. The molecule has 2 amide bonds. The number of nitrogens with zero attached hydrogens (tertiary/aromatic N) is 1. The number of anilines is 1. The molecule has 1 aliphatic rings. The topological polar surface area (TPSA) is 75.4 Å². The molecule has 1 aromatic heterocycles. The van der Waals surface area contributed by atoms with Crippen LogP contribution in [0, 0.1) is 11.6 Å². The fourth-order valence-electron chi connectivity index (χ4n) is 4.20. The van der Waals surface area contributed by atoms with Gasteiger partial charge in [0.05, 0.1) is 4.88 Å². The molecule has 0 aliphatic heterocycles. The third-order valence-electron chi connectivity index (χ3n) is 5.86. The molecule has 2 aromatic carbocycles. The zero-order chi connectivity index (χ0) is 23.4. The highest BCUT2D eigenvalue weighted by Gasteiger charge is 2.32. The van der Waals surface area contributed by atoms with Crippen molar-refractivity contribution in [3.05, 3.63) is 87.6 Å². The molecule has 1 fully saturated rings. The Kier molecular flexibility index (Phi) is 7.15. The summed E-state index contributed by atoms with van der Waals surface area (Å²) in [6.45, 7) is 0.245. The summed E-state index contributed by atoms with van der Waals surface area (Å²) in [7, 11) is 0. The van der Waals surface area contributed by atoms with Crippen molar-refractivity contribution in [2.24, 2.45) is 5.73 Å². The van der Waals surface area contributed by atoms with E-state index in [-0.39, 0.29) is 30.1 Å². The Labute approximate surface area is 195 Å². The first-order valence-corrected chi connectivity index (χ1v) is 11.7. The summed E-state index contributed by atoms with van der Waals surface area (Å²) in [5.74, 6) is -2.23. The first-order chi connectivity index (χ1) is 15.9. The second-order valence-corrected chi connectivity index (χ2v) is 9.18. The van der Waals surface area contributed by atoms with E-state index < -0.39 is 17.5 Å². The SMILES string of the molecule is NC1CCCCC1N(Cc1ccc(NC(=O)c2cccs2)cc1)C(=O)c1cc(F)cc(F)c1. The van der Waals surface area contributed by atoms with E-state index in [2.05, 4.69) is 5.32 Å². The van der Waals surface area contributed by atoms with Gasteiger partial charge in [0, 0.05) is 35.9 Å². The molecule has 1 aliphatic carbocycles. The number of halogens is 2. The molecule has 0 saturated heterocycles. The number of benzene rings is 2. The van der Waals surface area contributed by atoms with Gasteiger partial charge < -0.3 is 16.0 Å². The van der Waals surface area contributed by atoms with Crippen molar-refractivity contribution in [3.63, 3.8) is 0 Å². The third-order valence-corrected chi connectivity index (χ3v) is 6.73. The summed E-state index contributed by atoms with van der Waals surface area (Å²) >= 11 is 1.36. The standard InChI is InChI=1S/C25H25F2N3O2S/c26-18-12-17(13-19(27)14-18)25(32)30(22-5-2-1-4-21(22)28)15-16-7-9-20(10-8-16)29-24(31)23-6-3-11-33-23/h3,6-14,21-22H,1-2,4-5,15,28H2,(H,29,31). The second kappa shape index (κ2) is 10.2. The Hall–Kier alpha value is -3.10. The average molecular weight is 470 g/mol. The molecule has 3 N–H and O–H groups in total. The van der Waals surface area contributed by atoms with E-state index in [1.165, 1.54) is 11.3 Å². The lowest BCUT2D eigenvalue weighted by molar-refractivity contribution is 0.0582. The van der Waals surface area contributed by atoms with Gasteiger partial charge in [-0.1, -0.05) is 31.0 Å². The lowest BCUT2D eigenvalue weighted by Crippen LogP contribution is -2.51. The van der Waals surface area contributed by atoms with Crippen molar-refractivity contribution in [1.82, 2.24) is 4.90 Å². The number of hydrogen-bond acceptors (Lipinski definition) is 4. The van der Waals surface area contributed by atoms with Crippen LogP contribution in [0.25, 0.3) is 0 Å². The van der Waals surface area contributed by atoms with Crippen molar-refractivity contribution < 1.29 is 18.4 Å². The zero-order valence-electron chi connectivity index (χ0n) is 18.0. The highest BCUT2D eigenvalue weighted by atomic mass is 32.1. The predicted molar refractivity (Wildman–Crippen MR) is 125 cm³/mol. The van der Waals surface area contributed by atoms with Crippen LogP contribution in [0.4, 0.5) is 14.5 Å². The molecule has 0 bridgehead atoms. The van der Waals surface area contributed by atoms with E-state index in [4.69, 9.17) is 5.73 Å². The summed E-state index contributed by atoms with van der Waals surface area (Å²) < 4.78 is 27.6. The van der Waals surface area contributed by atoms with Gasteiger partial charge in [0.25, 0.3) is 11.8 Å². The van der Waals surface area contributed by atoms with Crippen LogP contribution in [-0.2, 0) is 6.54 Å². The fourth-order valence-corrected chi connectivity index (χ4v) is 4.82. The van der Waals surface area contributed by atoms with Crippen LogP contribution in [0.15, 0.2) is 60.0 Å². The van der Waals surface area contributed by atoms with Gasteiger partial charge in [0.1, 0.15) is 11.6 Å². The van der Waals surface area contributed by atoms with E-state index in [0.717, 1.165) is 49.4 Å². The molecule has 2 unspecified atom stereocenters. The van der Waals surface area contributed by atoms with Gasteiger partial charge in [-0.05, 0) is 54.1 Å². The first-order valence-electron chi connectivity index (χ1n) is 10.9. The van der Waals surface area contributed by atoms with Crippen molar-refractivity contribution in [2.75, 3.05) is 5.32 Å². The highest BCUT2D eigenvalue weighted by Crippen LogP contribution is 2.26. The lowest BCUT2D eigenvalue weighted by Gasteiger charge is -2.38. The lowest BCUT2D eigenvalue weighted by atomic mass is 9.89. The Balaban J connectivity index is 1.54. The van der Waals surface area contributed by atoms with E-state index >= 15 is 0 Å². The maximum absolute atomic E-state index is 13.8. The molecule has 0 spiro atoms. The predicted octanol–water partition coefficient (Wildman–Crippen LogP) is 5.19. The smallest absolute Gasteiger partial charge is 0.265 e. The van der Waals surface area contributed by atoms with Gasteiger partial charge in [-0.15, -0.1) is 11.3 Å². The molecule has 1 heterocycles. The van der Waals surface area contributed by atoms with Crippen LogP contribution < -0.4 is 11.1 Å². The van der Waals surface area contributed by atoms with Gasteiger partial charge >= 0.3 is 0 Å². The number of carbonyl (C=O) groups is 2. The summed E-state index contributed by atoms with van der Waals surface area (Å²) in [6.07, 6.45) is 3.46. The minimum Gasteiger partial charge on any atom is -0.330 e. The highest BCUT2D eigenvalue weighted by molar-refractivity contribution is 7.12. The Bertz CT molecular complexity index is 1100. The molecule has 172 valence electrons. The molecule has 5 nitrogen and oxygen atoms in total. The normalized spacial score (nSPS) is 18.0. The van der Waals surface area contributed by atoms with Crippen molar-refractivity contribution in [1.29, 1.82) is 0 Å². The van der Waals surface area contributed by atoms with Gasteiger partial charge in [0.2, 0.25) is 0 Å². The number of amides is 2. The number of carbonyl (C=O) groups excluding carboxylic acids is 2. The van der Waals surface area contributed by atoms with Crippen molar-refractivity contribution >= 4 is 28.8 Å². The average Bonchev–Trinajstić information content (AvgIpc) is 3.33. The molecule has 33 heavy (non-hydrogen) atoms. The van der Waals surface area contributed by atoms with Crippen LogP contribution in [-0.4, -0.2) is 28.8 Å². The second-order valence-electron chi connectivity index (χ2n) is 8.24. The minimum atomic E-state index is -0.794. The summed E-state index contributed by atoms with van der Waals surface area (Å²) in [4.78, 5) is 27.8. The molecule has 1 saturated carbocycles. The van der Waals surface area contributed by atoms with Crippen LogP contribution in [0.1, 0.15) is 51.3 Å². The first kappa shape index (κ1) is 23.1. The largest absolute Gasteiger partial charge is 0.330 e. The zero-order valence-corrected chi connectivity index (χ0v) is 18.8. The molecular formula is C25H25F2N3O2S. The maximum Gasteiger partial charge on any atom is 0.265 e. The van der Waals surface area contributed by atoms with E-state index in [0.29, 0.717) is 10.6 Å². The van der Waals surface area contributed by atoms with E-state index in [1.54, 1.807) is 23.1 Å². The Morgan fingerprint density at radius 2 is 1.73 bits per heavy atom. The Morgan fingerprint density at radius 1 is 1.03 bits per heavy atom. The number of thiophene rings is 1. The molecule has 3 aromatic rings. The van der Waals surface area contributed by atoms with Gasteiger partial charge in [0.15, 0.2) is 0 Å². The summed E-state index contributed by atoms with van der Waals surface area (Å²) in [6, 6.07) is 13.2. The molecule has 0 radical (unpaired) electrons. The quantitative estimate of drug-likeness (QED) is 0.522. The summed E-state index contributed by atoms with van der Waals surface area (Å²) in [5.41, 5.74) is 7.77. The van der Waals surface area contributed by atoms with Crippen LogP contribution in [0.5, 0.6) is 0 Å². The maximum atomic E-state index is 13.8. The number of hydrogen-bond donors (Lipinski definition) is 2. The van der Waals surface area contributed by atoms with Crippen LogP contribution in [0.3, 0.4) is 0 Å². The van der Waals surface area contributed by atoms with E-state index in [9.17, 15) is 18.4 Å². The van der Waals surface area contributed by atoms with E-state index in [1.807, 2.05) is 23.6 Å². The number of nitrogens with two attached hydrogens (primary N) is 1. The molecule has 2 atom stereocenters. The monoisotopic (exact) mass is 469 g/mol. The summed E-state index contributed by atoms with van der Waals surface area (Å²) in [5, 5.41) is 4.68. The molecule has 4 rings (SSSR count). The van der Waals surface area contributed by atoms with Gasteiger partial charge in [-0.2, -0.15) is 0 Å². The Morgan fingerprint density at radius 3 is 2.36 bits per heavy atom. The number of rotatable bonds is 6. The van der Waals surface area contributed by atoms with Crippen molar-refractivity contribution in [2.45, 2.75) is 44.3 Å². The molecular weight excluding hydrogens is 444 g/mol. The van der Waals surface area contributed by atoms with Crippen LogP contribution >= 0.6 is 11.3 Å².